The second-order valence-corrected chi connectivity index (χ2v) is 8.84. The van der Waals surface area contributed by atoms with E-state index in [9.17, 15) is 9.18 Å². The van der Waals surface area contributed by atoms with Gasteiger partial charge in [-0.25, -0.2) is 13.9 Å². The molecule has 1 unspecified atom stereocenters. The molecule has 0 fully saturated rings. The van der Waals surface area contributed by atoms with Gasteiger partial charge in [-0.05, 0) is 62.2 Å². The molecule has 1 aliphatic heterocycles. The Hall–Kier alpha value is -3.87. The van der Waals surface area contributed by atoms with E-state index in [-0.39, 0.29) is 17.9 Å². The number of carbonyl (C=O) groups excluding carboxylic acids is 1. The van der Waals surface area contributed by atoms with Gasteiger partial charge in [0.1, 0.15) is 11.6 Å². The Morgan fingerprint density at radius 3 is 2.62 bits per heavy atom. The van der Waals surface area contributed by atoms with Crippen LogP contribution >= 0.6 is 0 Å². The fraction of sp³-hybridized carbons (Fsp3) is 0.259. The number of nitrogens with zero attached hydrogens (tertiary/aromatic N) is 4. The highest BCUT2D eigenvalue weighted by Gasteiger charge is 2.36. The van der Waals surface area contributed by atoms with E-state index in [0.29, 0.717) is 6.54 Å². The highest BCUT2D eigenvalue weighted by Crippen LogP contribution is 2.38. The third-order valence-corrected chi connectivity index (χ3v) is 6.14. The monoisotopic (exact) mass is 457 g/mol. The van der Waals surface area contributed by atoms with Gasteiger partial charge in [0, 0.05) is 17.8 Å². The first-order valence-electron chi connectivity index (χ1n) is 11.6. The number of hydrogen-bond donors (Lipinski definition) is 1. The van der Waals surface area contributed by atoms with Gasteiger partial charge in [-0.15, -0.1) is 0 Å². The summed E-state index contributed by atoms with van der Waals surface area (Å²) >= 11 is 0. The Balaban J connectivity index is 1.77. The van der Waals surface area contributed by atoms with Crippen LogP contribution in [0.4, 0.5) is 9.18 Å². The van der Waals surface area contributed by atoms with Crippen molar-refractivity contribution in [2.24, 2.45) is 0 Å². The van der Waals surface area contributed by atoms with E-state index >= 15 is 0 Å². The van der Waals surface area contributed by atoms with Crippen LogP contribution in [0, 0.1) is 5.82 Å². The van der Waals surface area contributed by atoms with E-state index in [1.807, 2.05) is 73.3 Å². The van der Waals surface area contributed by atoms with Gasteiger partial charge in [0.2, 0.25) is 0 Å². The molecule has 2 amide bonds. The highest BCUT2D eigenvalue weighted by molar-refractivity contribution is 5.76. The van der Waals surface area contributed by atoms with Gasteiger partial charge in [0.05, 0.1) is 29.7 Å². The number of rotatable bonds is 4. The Kier molecular flexibility index (Phi) is 5.69. The lowest BCUT2D eigenvalue weighted by atomic mass is 10.0. The molecule has 174 valence electrons. The van der Waals surface area contributed by atoms with Crippen molar-refractivity contribution in [3.8, 4) is 11.5 Å². The minimum Gasteiger partial charge on any atom is -0.336 e. The Morgan fingerprint density at radius 1 is 1.12 bits per heavy atom. The number of urea groups is 1. The van der Waals surface area contributed by atoms with E-state index < -0.39 is 6.04 Å². The maximum Gasteiger partial charge on any atom is 0.318 e. The summed E-state index contributed by atoms with van der Waals surface area (Å²) in [6, 6.07) is 19.8. The third-order valence-electron chi connectivity index (χ3n) is 6.14. The second-order valence-electron chi connectivity index (χ2n) is 8.84. The lowest BCUT2D eigenvalue weighted by Gasteiger charge is -2.31. The number of fused-ring (bicyclic) bond motifs is 3. The lowest BCUT2D eigenvalue weighted by Crippen LogP contribution is -2.44. The molecule has 0 saturated heterocycles. The molecule has 2 aromatic heterocycles. The molecule has 0 saturated carbocycles. The molecule has 4 aromatic rings. The molecule has 1 atom stereocenters. The summed E-state index contributed by atoms with van der Waals surface area (Å²) in [6.45, 7) is 6.30. The number of halogens is 1. The Bertz CT molecular complexity index is 1320. The van der Waals surface area contributed by atoms with Gasteiger partial charge in [0.15, 0.2) is 0 Å². The first-order valence-corrected chi connectivity index (χ1v) is 11.6. The molecule has 0 aliphatic carbocycles. The fourth-order valence-corrected chi connectivity index (χ4v) is 4.71. The van der Waals surface area contributed by atoms with Crippen LogP contribution in [0.15, 0.2) is 72.9 Å². The standard InChI is InChI=1S/C27H28FN5O/c1-4-23-22-17-32(27(34)29-18(2)3)25(19-10-8-11-20(28)16-19)24-14-9-15-31(24)26(22)33(30-23)21-12-6-5-7-13-21/h5-16,18,25H,4,17H2,1-3H3,(H,29,34). The molecular formula is C27H28FN5O. The molecule has 34 heavy (non-hydrogen) atoms. The van der Waals surface area contributed by atoms with Crippen LogP contribution in [0.5, 0.6) is 0 Å². The molecule has 1 N–H and O–H groups in total. The van der Waals surface area contributed by atoms with Crippen molar-refractivity contribution >= 4 is 6.03 Å². The second kappa shape index (κ2) is 8.82. The summed E-state index contributed by atoms with van der Waals surface area (Å²) in [6.07, 6.45) is 2.72. The van der Waals surface area contributed by atoms with Crippen LogP contribution in [-0.4, -0.2) is 31.3 Å². The molecule has 7 heteroatoms. The van der Waals surface area contributed by atoms with Crippen molar-refractivity contribution in [2.45, 2.75) is 45.8 Å². The van der Waals surface area contributed by atoms with Gasteiger partial charge in [-0.1, -0.05) is 37.3 Å². The number of hydrogen-bond acceptors (Lipinski definition) is 2. The molecule has 6 nitrogen and oxygen atoms in total. The summed E-state index contributed by atoms with van der Waals surface area (Å²) in [7, 11) is 0. The lowest BCUT2D eigenvalue weighted by molar-refractivity contribution is 0.178. The van der Waals surface area contributed by atoms with Gasteiger partial charge in [0.25, 0.3) is 0 Å². The van der Waals surface area contributed by atoms with Crippen LogP contribution in [0.25, 0.3) is 11.5 Å². The SMILES string of the molecule is CCc1nn(-c2ccccc2)c2c1CN(C(=O)NC(C)C)C(c1cccc(F)c1)c1cccn1-2. The van der Waals surface area contributed by atoms with E-state index in [0.717, 1.165) is 40.4 Å². The third kappa shape index (κ3) is 3.77. The molecule has 1 aliphatic rings. The van der Waals surface area contributed by atoms with Crippen LogP contribution in [0.3, 0.4) is 0 Å². The van der Waals surface area contributed by atoms with Crippen molar-refractivity contribution in [1.29, 1.82) is 0 Å². The Labute approximate surface area is 198 Å². The number of aryl methyl sites for hydroxylation is 1. The van der Waals surface area contributed by atoms with E-state index in [4.69, 9.17) is 5.10 Å². The van der Waals surface area contributed by atoms with Crippen molar-refractivity contribution in [2.75, 3.05) is 0 Å². The van der Waals surface area contributed by atoms with Crippen molar-refractivity contribution in [3.05, 3.63) is 101 Å². The van der Waals surface area contributed by atoms with E-state index in [1.54, 1.807) is 11.0 Å². The molecule has 5 rings (SSSR count). The Morgan fingerprint density at radius 2 is 1.91 bits per heavy atom. The topological polar surface area (TPSA) is 55.1 Å². The number of aromatic nitrogens is 3. The number of nitrogens with one attached hydrogen (secondary N) is 1. The first kappa shape index (κ1) is 21.9. The number of amides is 2. The van der Waals surface area contributed by atoms with Crippen LogP contribution in [-0.2, 0) is 13.0 Å². The highest BCUT2D eigenvalue weighted by atomic mass is 19.1. The maximum absolute atomic E-state index is 14.3. The number of para-hydroxylation sites is 1. The average molecular weight is 458 g/mol. The number of benzene rings is 2. The summed E-state index contributed by atoms with van der Waals surface area (Å²) in [5, 5.41) is 7.99. The smallest absolute Gasteiger partial charge is 0.318 e. The predicted molar refractivity (Wildman–Crippen MR) is 130 cm³/mol. The quantitative estimate of drug-likeness (QED) is 0.447. The summed E-state index contributed by atoms with van der Waals surface area (Å²) < 4.78 is 18.4. The summed E-state index contributed by atoms with van der Waals surface area (Å²) in [5.41, 5.74) is 4.46. The first-order chi connectivity index (χ1) is 16.5. The molecule has 0 spiro atoms. The van der Waals surface area contributed by atoms with Crippen molar-refractivity contribution in [3.63, 3.8) is 0 Å². The molecule has 3 heterocycles. The van der Waals surface area contributed by atoms with Crippen molar-refractivity contribution in [1.82, 2.24) is 24.6 Å². The molecule has 0 bridgehead atoms. The summed E-state index contributed by atoms with van der Waals surface area (Å²) in [5.74, 6) is 0.579. The van der Waals surface area contributed by atoms with Gasteiger partial charge >= 0.3 is 6.03 Å². The average Bonchev–Trinajstić information content (AvgIpc) is 3.40. The zero-order valence-electron chi connectivity index (χ0n) is 19.6. The van der Waals surface area contributed by atoms with Crippen LogP contribution < -0.4 is 5.32 Å². The van der Waals surface area contributed by atoms with Gasteiger partial charge in [-0.3, -0.25) is 0 Å². The fourth-order valence-electron chi connectivity index (χ4n) is 4.71. The van der Waals surface area contributed by atoms with Gasteiger partial charge < -0.3 is 14.8 Å². The molecule has 2 aromatic carbocycles. The van der Waals surface area contributed by atoms with Crippen molar-refractivity contribution < 1.29 is 9.18 Å². The minimum atomic E-state index is -0.467. The number of carbonyl (C=O) groups is 1. The zero-order valence-corrected chi connectivity index (χ0v) is 19.6. The summed E-state index contributed by atoms with van der Waals surface area (Å²) in [4.78, 5) is 15.3. The molecule has 0 radical (unpaired) electrons. The van der Waals surface area contributed by atoms with Crippen LogP contribution in [0.1, 0.15) is 49.3 Å². The van der Waals surface area contributed by atoms with Crippen LogP contribution in [0.2, 0.25) is 0 Å². The molecular weight excluding hydrogens is 429 g/mol. The maximum atomic E-state index is 14.3. The van der Waals surface area contributed by atoms with E-state index in [1.165, 1.54) is 12.1 Å². The van der Waals surface area contributed by atoms with E-state index in [2.05, 4.69) is 16.8 Å². The predicted octanol–water partition coefficient (Wildman–Crippen LogP) is 5.39. The normalized spacial score (nSPS) is 15.1. The largest absolute Gasteiger partial charge is 0.336 e. The van der Waals surface area contributed by atoms with Gasteiger partial charge in [-0.2, -0.15) is 5.10 Å². The minimum absolute atomic E-state index is 0.0344. The zero-order chi connectivity index (χ0) is 23.8.